The van der Waals surface area contributed by atoms with Crippen LogP contribution in [0, 0.1) is 11.8 Å². The van der Waals surface area contributed by atoms with E-state index >= 15 is 0 Å². The van der Waals surface area contributed by atoms with E-state index in [0.717, 1.165) is 6.42 Å². The molecule has 1 fully saturated rings. The molecule has 2 heteroatoms. The summed E-state index contributed by atoms with van der Waals surface area (Å²) >= 11 is 0. The van der Waals surface area contributed by atoms with Crippen LogP contribution in [0.5, 0.6) is 0 Å². The van der Waals surface area contributed by atoms with Crippen LogP contribution in [0.3, 0.4) is 0 Å². The fourth-order valence-electron chi connectivity index (χ4n) is 1.59. The molecule has 0 unspecified atom stereocenters. The standard InChI is InChI=1S/C8H12O2/c1-3-6-5(2)4-7(9)8(6)10/h5-6H,3-4H2,1-2H3/t5-,6+/m1/s1. The van der Waals surface area contributed by atoms with Crippen molar-refractivity contribution in [2.24, 2.45) is 11.8 Å². The van der Waals surface area contributed by atoms with Crippen LogP contribution in [0.1, 0.15) is 26.7 Å². The number of rotatable bonds is 1. The lowest BCUT2D eigenvalue weighted by Gasteiger charge is -2.07. The Kier molecular flexibility index (Phi) is 1.88. The van der Waals surface area contributed by atoms with E-state index in [1.54, 1.807) is 0 Å². The summed E-state index contributed by atoms with van der Waals surface area (Å²) in [6.45, 7) is 3.93. The first kappa shape index (κ1) is 7.45. The van der Waals surface area contributed by atoms with Crippen LogP contribution >= 0.6 is 0 Å². The highest BCUT2D eigenvalue weighted by atomic mass is 16.2. The Hall–Kier alpha value is -0.660. The first-order valence-corrected chi connectivity index (χ1v) is 3.73. The summed E-state index contributed by atoms with van der Waals surface area (Å²) in [5.74, 6) is -0.00755. The number of hydrogen-bond donors (Lipinski definition) is 0. The number of carbonyl (C=O) groups excluding carboxylic acids is 2. The molecule has 0 N–H and O–H groups in total. The minimum Gasteiger partial charge on any atom is -0.291 e. The van der Waals surface area contributed by atoms with Gasteiger partial charge in [-0.25, -0.2) is 0 Å². The van der Waals surface area contributed by atoms with Crippen LogP contribution in [0.15, 0.2) is 0 Å². The highest BCUT2D eigenvalue weighted by molar-refractivity contribution is 6.40. The molecule has 0 spiro atoms. The number of ketones is 2. The normalized spacial score (nSPS) is 33.4. The lowest BCUT2D eigenvalue weighted by molar-refractivity contribution is -0.135. The summed E-state index contributed by atoms with van der Waals surface area (Å²) in [6.07, 6.45) is 1.28. The Morgan fingerprint density at radius 1 is 1.50 bits per heavy atom. The van der Waals surface area contributed by atoms with Crippen LogP contribution in [-0.2, 0) is 9.59 Å². The predicted octanol–water partition coefficient (Wildman–Crippen LogP) is 1.19. The van der Waals surface area contributed by atoms with E-state index in [9.17, 15) is 9.59 Å². The minimum atomic E-state index is -0.167. The van der Waals surface area contributed by atoms with Gasteiger partial charge in [-0.1, -0.05) is 13.8 Å². The van der Waals surface area contributed by atoms with Gasteiger partial charge in [0.15, 0.2) is 5.78 Å². The minimum absolute atomic E-state index is 0.0208. The maximum Gasteiger partial charge on any atom is 0.201 e. The van der Waals surface area contributed by atoms with Gasteiger partial charge in [0.25, 0.3) is 0 Å². The quantitative estimate of drug-likeness (QED) is 0.513. The maximum atomic E-state index is 11.0. The van der Waals surface area contributed by atoms with Gasteiger partial charge in [0.1, 0.15) is 0 Å². The maximum absolute atomic E-state index is 11.0. The van der Waals surface area contributed by atoms with Crippen LogP contribution in [0.25, 0.3) is 0 Å². The van der Waals surface area contributed by atoms with E-state index in [2.05, 4.69) is 0 Å². The van der Waals surface area contributed by atoms with Crippen LogP contribution in [-0.4, -0.2) is 11.6 Å². The SMILES string of the molecule is CC[C@@H]1C(=O)C(=O)C[C@H]1C. The zero-order valence-corrected chi connectivity index (χ0v) is 6.39. The Morgan fingerprint density at radius 2 is 2.10 bits per heavy atom. The fraction of sp³-hybridized carbons (Fsp3) is 0.750. The molecule has 0 heterocycles. The van der Waals surface area contributed by atoms with Gasteiger partial charge >= 0.3 is 0 Å². The van der Waals surface area contributed by atoms with E-state index in [0.29, 0.717) is 6.42 Å². The predicted molar refractivity (Wildman–Crippen MR) is 37.6 cm³/mol. The molecule has 0 aromatic rings. The molecule has 0 aliphatic heterocycles. The van der Waals surface area contributed by atoms with Gasteiger partial charge in [-0.2, -0.15) is 0 Å². The second kappa shape index (κ2) is 2.52. The lowest BCUT2D eigenvalue weighted by atomic mass is 9.95. The number of hydrogen-bond acceptors (Lipinski definition) is 2. The van der Waals surface area contributed by atoms with E-state index in [4.69, 9.17) is 0 Å². The summed E-state index contributed by atoms with van der Waals surface area (Å²) in [6, 6.07) is 0. The Balaban J connectivity index is 2.74. The third kappa shape index (κ3) is 0.981. The average Bonchev–Trinajstić information content (AvgIpc) is 2.09. The van der Waals surface area contributed by atoms with Crippen molar-refractivity contribution in [1.29, 1.82) is 0 Å². The third-order valence-corrected chi connectivity index (χ3v) is 2.25. The molecule has 1 aliphatic carbocycles. The van der Waals surface area contributed by atoms with Crippen LogP contribution < -0.4 is 0 Å². The van der Waals surface area contributed by atoms with E-state index in [1.165, 1.54) is 0 Å². The Bertz CT molecular complexity index is 172. The summed E-state index contributed by atoms with van der Waals surface area (Å²) < 4.78 is 0. The Morgan fingerprint density at radius 3 is 2.30 bits per heavy atom. The summed E-state index contributed by atoms with van der Waals surface area (Å²) in [7, 11) is 0. The third-order valence-electron chi connectivity index (χ3n) is 2.25. The molecule has 1 saturated carbocycles. The molecule has 2 atom stereocenters. The smallest absolute Gasteiger partial charge is 0.201 e. The van der Waals surface area contributed by atoms with Crippen molar-refractivity contribution in [3.8, 4) is 0 Å². The molecule has 1 rings (SSSR count). The summed E-state index contributed by atoms with van der Waals surface area (Å²) in [4.78, 5) is 21.8. The van der Waals surface area contributed by atoms with E-state index in [1.807, 2.05) is 13.8 Å². The van der Waals surface area contributed by atoms with Gasteiger partial charge in [0.2, 0.25) is 5.78 Å². The molecule has 0 amide bonds. The largest absolute Gasteiger partial charge is 0.291 e. The average molecular weight is 140 g/mol. The van der Waals surface area contributed by atoms with Crippen molar-refractivity contribution < 1.29 is 9.59 Å². The van der Waals surface area contributed by atoms with Crippen molar-refractivity contribution in [2.45, 2.75) is 26.7 Å². The zero-order chi connectivity index (χ0) is 7.72. The fourth-order valence-corrected chi connectivity index (χ4v) is 1.59. The van der Waals surface area contributed by atoms with Crippen molar-refractivity contribution >= 4 is 11.6 Å². The second-order valence-electron chi connectivity index (χ2n) is 2.98. The van der Waals surface area contributed by atoms with Crippen molar-refractivity contribution in [2.75, 3.05) is 0 Å². The molecular weight excluding hydrogens is 128 g/mol. The first-order chi connectivity index (χ1) is 4.66. The van der Waals surface area contributed by atoms with Crippen LogP contribution in [0.2, 0.25) is 0 Å². The molecule has 2 nitrogen and oxygen atoms in total. The summed E-state index contributed by atoms with van der Waals surface area (Å²) in [5.41, 5.74) is 0. The molecule has 0 radical (unpaired) electrons. The Labute approximate surface area is 60.6 Å². The van der Waals surface area contributed by atoms with Gasteiger partial charge in [0, 0.05) is 12.3 Å². The lowest BCUT2D eigenvalue weighted by Crippen LogP contribution is -2.14. The second-order valence-corrected chi connectivity index (χ2v) is 2.98. The van der Waals surface area contributed by atoms with Gasteiger partial charge in [-0.15, -0.1) is 0 Å². The molecule has 1 aliphatic rings. The molecule has 0 saturated heterocycles. The van der Waals surface area contributed by atoms with E-state index in [-0.39, 0.29) is 23.4 Å². The van der Waals surface area contributed by atoms with E-state index < -0.39 is 0 Å². The van der Waals surface area contributed by atoms with Crippen molar-refractivity contribution in [3.63, 3.8) is 0 Å². The van der Waals surface area contributed by atoms with Crippen LogP contribution in [0.4, 0.5) is 0 Å². The van der Waals surface area contributed by atoms with Gasteiger partial charge in [-0.05, 0) is 12.3 Å². The topological polar surface area (TPSA) is 34.1 Å². The molecule has 0 aromatic heterocycles. The highest BCUT2D eigenvalue weighted by Crippen LogP contribution is 2.27. The zero-order valence-electron chi connectivity index (χ0n) is 6.39. The monoisotopic (exact) mass is 140 g/mol. The molecule has 10 heavy (non-hydrogen) atoms. The summed E-state index contributed by atoms with van der Waals surface area (Å²) in [5, 5.41) is 0. The number of Topliss-reactive ketones (excluding diaryl/α,β-unsaturated/α-hetero) is 2. The van der Waals surface area contributed by atoms with Crippen molar-refractivity contribution in [3.05, 3.63) is 0 Å². The first-order valence-electron chi connectivity index (χ1n) is 3.73. The van der Waals surface area contributed by atoms with Gasteiger partial charge in [0.05, 0.1) is 0 Å². The molecule has 0 aromatic carbocycles. The van der Waals surface area contributed by atoms with Gasteiger partial charge < -0.3 is 0 Å². The van der Waals surface area contributed by atoms with Crippen molar-refractivity contribution in [1.82, 2.24) is 0 Å². The molecular formula is C8H12O2. The molecule has 56 valence electrons. The highest BCUT2D eigenvalue weighted by Gasteiger charge is 2.36. The number of carbonyl (C=O) groups is 2. The molecule has 0 bridgehead atoms. The van der Waals surface area contributed by atoms with Gasteiger partial charge in [-0.3, -0.25) is 9.59 Å².